The first-order valence-electron chi connectivity index (χ1n) is 16.4. The van der Waals surface area contributed by atoms with Crippen molar-refractivity contribution in [1.29, 1.82) is 0 Å². The van der Waals surface area contributed by atoms with Crippen LogP contribution in [0, 0.1) is 0 Å². The third kappa shape index (κ3) is 6.28. The Balaban J connectivity index is 1.28. The van der Waals surface area contributed by atoms with Gasteiger partial charge in [0.25, 0.3) is 15.9 Å². The van der Waals surface area contributed by atoms with E-state index < -0.39 is 16.1 Å². The summed E-state index contributed by atoms with van der Waals surface area (Å²) < 4.78 is 44.5. The van der Waals surface area contributed by atoms with Gasteiger partial charge in [-0.3, -0.25) is 9.35 Å². The fourth-order valence-electron chi connectivity index (χ4n) is 7.69. The standard InChI is InChI=1S/C34H38Cl2N4O6S/c35-24-20-28-29(21-25(24)36)40-17-13-31-23(34(40)38(28)15-8-18-47(43,44)45)19-22-30(46-31)12-16-39-27-10-6-5-9-26(27)37(33(22)39)14-7-3-1-2-4-11-32(41)42/h5-6,9-10,19-21,30-31H,1-4,7-8,11-18H2,(H-,41,42,43,44,45)/p+1. The van der Waals surface area contributed by atoms with Crippen LogP contribution < -0.4 is 14.4 Å². The molecule has 0 amide bonds. The first-order valence-corrected chi connectivity index (χ1v) is 18.8. The molecule has 0 saturated carbocycles. The highest BCUT2D eigenvalue weighted by molar-refractivity contribution is 7.85. The average molecular weight is 703 g/mol. The molecule has 4 aliphatic heterocycles. The van der Waals surface area contributed by atoms with Gasteiger partial charge in [0.05, 0.1) is 58.0 Å². The van der Waals surface area contributed by atoms with E-state index in [0.717, 1.165) is 85.8 Å². The molecule has 1 aromatic heterocycles. The molecule has 5 heterocycles. The molecule has 7 rings (SSSR count). The number of nitrogens with zero attached hydrogens (tertiary/aromatic N) is 4. The van der Waals surface area contributed by atoms with Gasteiger partial charge < -0.3 is 19.6 Å². The number of aromatic nitrogens is 2. The Labute approximate surface area is 284 Å². The largest absolute Gasteiger partial charge is 0.481 e. The van der Waals surface area contributed by atoms with E-state index in [2.05, 4.69) is 49.3 Å². The lowest BCUT2D eigenvalue weighted by Crippen LogP contribution is -2.49. The topological polar surface area (TPSA) is 116 Å². The number of hydrogen-bond donors (Lipinski definition) is 2. The van der Waals surface area contributed by atoms with Gasteiger partial charge in [0.15, 0.2) is 11.0 Å². The van der Waals surface area contributed by atoms with Crippen LogP contribution >= 0.6 is 23.2 Å². The van der Waals surface area contributed by atoms with Crippen LogP contribution in [0.15, 0.2) is 53.9 Å². The SMILES string of the molecule is O=C(O)CCCCCCCn1c2[n+](c3ccccc31)CCC1OC3CCN4C(=C3C=C21)N(CCCS(=O)(=O)O)c1cc(Cl)c(Cl)cc14. The quantitative estimate of drug-likeness (QED) is 0.126. The molecule has 3 aromatic rings. The van der Waals surface area contributed by atoms with Gasteiger partial charge in [-0.1, -0.05) is 48.2 Å². The first kappa shape index (κ1) is 32.5. The summed E-state index contributed by atoms with van der Waals surface area (Å²) in [5.74, 6) is 1.01. The van der Waals surface area contributed by atoms with E-state index >= 15 is 0 Å². The number of para-hydroxylation sites is 2. The molecule has 0 saturated heterocycles. The summed E-state index contributed by atoms with van der Waals surface area (Å²) in [6.45, 7) is 2.78. The summed E-state index contributed by atoms with van der Waals surface area (Å²) in [6.07, 6.45) is 8.91. The Morgan fingerprint density at radius 2 is 1.70 bits per heavy atom. The van der Waals surface area contributed by atoms with Crippen LogP contribution in [0.5, 0.6) is 0 Å². The number of imidazole rings is 1. The maximum absolute atomic E-state index is 11.6. The number of anilines is 2. The highest BCUT2D eigenvalue weighted by Crippen LogP contribution is 2.50. The van der Waals surface area contributed by atoms with Crippen molar-refractivity contribution in [2.45, 2.75) is 83.1 Å². The summed E-state index contributed by atoms with van der Waals surface area (Å²) in [7, 11) is -4.11. The van der Waals surface area contributed by atoms with Crippen molar-refractivity contribution in [3.8, 4) is 0 Å². The van der Waals surface area contributed by atoms with Crippen molar-refractivity contribution in [3.63, 3.8) is 0 Å². The highest BCUT2D eigenvalue weighted by atomic mass is 35.5. The molecule has 0 radical (unpaired) electrons. The maximum atomic E-state index is 11.6. The molecular formula is C34H39Cl2N4O6S+. The summed E-state index contributed by atoms with van der Waals surface area (Å²) in [4.78, 5) is 15.2. The number of benzene rings is 2. The van der Waals surface area contributed by atoms with E-state index in [1.807, 2.05) is 12.1 Å². The second kappa shape index (κ2) is 13.1. The molecule has 2 unspecified atom stereocenters. The molecule has 4 aliphatic rings. The fraction of sp³-hybridized carbons (Fsp3) is 0.471. The Morgan fingerprint density at radius 3 is 2.49 bits per heavy atom. The van der Waals surface area contributed by atoms with E-state index in [4.69, 9.17) is 33.0 Å². The second-order valence-electron chi connectivity index (χ2n) is 12.8. The molecule has 2 aromatic carbocycles. The van der Waals surface area contributed by atoms with Crippen molar-refractivity contribution < 1.29 is 32.2 Å². The van der Waals surface area contributed by atoms with Gasteiger partial charge in [0, 0.05) is 31.5 Å². The average Bonchev–Trinajstić information content (AvgIpc) is 3.51. The smallest absolute Gasteiger partial charge is 0.303 e. The predicted molar refractivity (Wildman–Crippen MR) is 183 cm³/mol. The number of ether oxygens (including phenoxy) is 1. The number of aryl methyl sites for hydroxylation is 2. The lowest BCUT2D eigenvalue weighted by molar-refractivity contribution is -0.679. The van der Waals surface area contributed by atoms with E-state index in [0.29, 0.717) is 29.6 Å². The van der Waals surface area contributed by atoms with Gasteiger partial charge in [-0.15, -0.1) is 0 Å². The van der Waals surface area contributed by atoms with Crippen molar-refractivity contribution >= 4 is 67.3 Å². The zero-order chi connectivity index (χ0) is 32.9. The summed E-state index contributed by atoms with van der Waals surface area (Å²) in [5.41, 5.74) is 6.33. The Kier molecular flexibility index (Phi) is 9.03. The van der Waals surface area contributed by atoms with E-state index in [1.54, 1.807) is 0 Å². The molecule has 0 aliphatic carbocycles. The summed E-state index contributed by atoms with van der Waals surface area (Å²) in [6, 6.07) is 12.2. The third-order valence-electron chi connectivity index (χ3n) is 9.72. The third-order valence-corrected chi connectivity index (χ3v) is 11.2. The lowest BCUT2D eigenvalue weighted by atomic mass is 9.90. The van der Waals surface area contributed by atoms with Crippen LogP contribution in [-0.4, -0.2) is 59.7 Å². The number of carbonyl (C=O) groups is 1. The highest BCUT2D eigenvalue weighted by Gasteiger charge is 2.46. The number of halogens is 2. The molecule has 13 heteroatoms. The molecule has 0 bridgehead atoms. The lowest BCUT2D eigenvalue weighted by Gasteiger charge is -2.40. The molecule has 0 fully saturated rings. The maximum Gasteiger partial charge on any atom is 0.303 e. The zero-order valence-corrected chi connectivity index (χ0v) is 28.4. The number of aliphatic carboxylic acids is 1. The summed E-state index contributed by atoms with van der Waals surface area (Å²) >= 11 is 13.0. The molecule has 10 nitrogen and oxygen atoms in total. The van der Waals surface area contributed by atoms with Crippen LogP contribution in [0.2, 0.25) is 10.0 Å². The van der Waals surface area contributed by atoms with Crippen LogP contribution in [0.1, 0.15) is 63.6 Å². The molecular weight excluding hydrogens is 663 g/mol. The fourth-order valence-corrected chi connectivity index (χ4v) is 8.50. The number of carboxylic acid groups (broad SMARTS) is 1. The van der Waals surface area contributed by atoms with Crippen molar-refractivity contribution in [1.82, 2.24) is 4.57 Å². The van der Waals surface area contributed by atoms with Gasteiger partial charge in [-0.2, -0.15) is 8.42 Å². The number of unbranched alkanes of at least 4 members (excludes halogenated alkanes) is 4. The van der Waals surface area contributed by atoms with E-state index in [9.17, 15) is 17.8 Å². The Morgan fingerprint density at radius 1 is 0.957 bits per heavy atom. The first-order chi connectivity index (χ1) is 22.6. The molecule has 250 valence electrons. The van der Waals surface area contributed by atoms with Crippen LogP contribution in [0.25, 0.3) is 16.6 Å². The Bertz CT molecular complexity index is 1910. The minimum Gasteiger partial charge on any atom is -0.481 e. The Hall–Kier alpha value is -3.09. The van der Waals surface area contributed by atoms with Gasteiger partial charge in [-0.25, -0.2) is 9.13 Å². The van der Waals surface area contributed by atoms with Gasteiger partial charge in [-0.05, 0) is 62.4 Å². The second-order valence-corrected chi connectivity index (χ2v) is 15.2. The number of rotatable bonds is 12. The number of carboxylic acids is 1. The molecule has 0 spiro atoms. The van der Waals surface area contributed by atoms with Crippen LogP contribution in [0.4, 0.5) is 11.4 Å². The van der Waals surface area contributed by atoms with Gasteiger partial charge in [0.1, 0.15) is 5.82 Å². The number of hydrogen-bond acceptors (Lipinski definition) is 6. The minimum absolute atomic E-state index is 0.0457. The van der Waals surface area contributed by atoms with Crippen molar-refractivity contribution in [2.24, 2.45) is 0 Å². The van der Waals surface area contributed by atoms with Crippen LogP contribution in [-0.2, 0) is 32.7 Å². The van der Waals surface area contributed by atoms with Crippen LogP contribution in [0.3, 0.4) is 0 Å². The number of fused-ring (bicyclic) bond motifs is 9. The van der Waals surface area contributed by atoms with Crippen molar-refractivity contribution in [2.75, 3.05) is 28.6 Å². The molecule has 2 N–H and O–H groups in total. The monoisotopic (exact) mass is 701 g/mol. The van der Waals surface area contributed by atoms with Crippen molar-refractivity contribution in [3.05, 3.63) is 69.7 Å². The summed E-state index contributed by atoms with van der Waals surface area (Å²) in [5, 5.41) is 9.82. The minimum atomic E-state index is -4.11. The van der Waals surface area contributed by atoms with E-state index in [1.165, 1.54) is 11.0 Å². The van der Waals surface area contributed by atoms with Gasteiger partial charge in [0.2, 0.25) is 0 Å². The normalized spacial score (nSPS) is 20.1. The van der Waals surface area contributed by atoms with E-state index in [-0.39, 0.29) is 30.8 Å². The predicted octanol–water partition coefficient (Wildman–Crippen LogP) is 6.44. The molecule has 2 atom stereocenters. The van der Waals surface area contributed by atoms with Gasteiger partial charge >= 0.3 is 5.97 Å². The zero-order valence-electron chi connectivity index (χ0n) is 26.1. The molecule has 47 heavy (non-hydrogen) atoms.